The van der Waals surface area contributed by atoms with Gasteiger partial charge >= 0.3 is 0 Å². The van der Waals surface area contributed by atoms with Crippen molar-refractivity contribution in [3.05, 3.63) is 224 Å². The lowest BCUT2D eigenvalue weighted by atomic mass is 9.91. The van der Waals surface area contributed by atoms with Crippen LogP contribution in [-0.2, 0) is 0 Å². The summed E-state index contributed by atoms with van der Waals surface area (Å²) in [6.07, 6.45) is 0. The first kappa shape index (κ1) is 33.6. The molecule has 58 heavy (non-hydrogen) atoms. The topological polar surface area (TPSA) is 16.4 Å². The minimum atomic E-state index is 0.869. The number of nitrogens with zero attached hydrogens (tertiary/aromatic N) is 1. The fourth-order valence-electron chi connectivity index (χ4n) is 8.72. The Hall–Kier alpha value is -7.68. The summed E-state index contributed by atoms with van der Waals surface area (Å²) in [5.41, 5.74) is 14.3. The summed E-state index contributed by atoms with van der Waals surface area (Å²) in [6, 6.07) is 80.6. The number of benzene rings is 10. The summed E-state index contributed by atoms with van der Waals surface area (Å²) in [7, 11) is 0. The maximum absolute atomic E-state index is 6.80. The van der Waals surface area contributed by atoms with Gasteiger partial charge in [-0.1, -0.05) is 182 Å². The monoisotopic (exact) mass is 739 g/mol. The zero-order valence-corrected chi connectivity index (χ0v) is 31.7. The molecule has 0 saturated carbocycles. The smallest absolute Gasteiger partial charge is 0.145 e. The van der Waals surface area contributed by atoms with E-state index in [0.717, 1.165) is 55.7 Å². The number of anilines is 3. The van der Waals surface area contributed by atoms with Gasteiger partial charge in [-0.2, -0.15) is 0 Å². The van der Waals surface area contributed by atoms with Gasteiger partial charge in [0, 0.05) is 22.0 Å². The predicted octanol–water partition coefficient (Wildman–Crippen LogP) is 16.0. The summed E-state index contributed by atoms with van der Waals surface area (Å²) in [6.45, 7) is 0. The van der Waals surface area contributed by atoms with E-state index in [0.29, 0.717) is 0 Å². The minimum absolute atomic E-state index is 0.869. The standard InChI is InChI=1S/C56H37NO/c1-4-15-38(16-5-1)43-30-33-46(39-17-6-2-7-18-39)51(37-43)42-27-31-44(32-28-42)57(52-25-14-24-48-45-22-11-10-21-41(45)29-34-49(48)52)53-36-35-47(40-19-8-3-9-20-40)56-55(53)50-23-12-13-26-54(50)58-56/h1-37H. The van der Waals surface area contributed by atoms with Crippen LogP contribution in [0.2, 0.25) is 0 Å². The van der Waals surface area contributed by atoms with Gasteiger partial charge in [0.25, 0.3) is 0 Å². The molecule has 2 heteroatoms. The van der Waals surface area contributed by atoms with E-state index in [1.54, 1.807) is 0 Å². The highest BCUT2D eigenvalue weighted by Gasteiger charge is 2.24. The number of fused-ring (bicyclic) bond motifs is 6. The molecule has 0 aliphatic rings. The van der Waals surface area contributed by atoms with E-state index in [1.165, 1.54) is 49.4 Å². The van der Waals surface area contributed by atoms with Gasteiger partial charge in [0.05, 0.1) is 16.8 Å². The number of rotatable bonds is 7. The molecular weight excluding hydrogens is 703 g/mol. The third kappa shape index (κ3) is 5.74. The van der Waals surface area contributed by atoms with Crippen LogP contribution in [0.5, 0.6) is 0 Å². The molecule has 0 atom stereocenters. The van der Waals surface area contributed by atoms with Gasteiger partial charge in [-0.3, -0.25) is 0 Å². The predicted molar refractivity (Wildman–Crippen MR) is 245 cm³/mol. The van der Waals surface area contributed by atoms with Crippen LogP contribution in [0.15, 0.2) is 229 Å². The van der Waals surface area contributed by atoms with E-state index < -0.39 is 0 Å². The molecule has 2 nitrogen and oxygen atoms in total. The van der Waals surface area contributed by atoms with Gasteiger partial charge < -0.3 is 9.32 Å². The molecule has 0 radical (unpaired) electrons. The molecule has 0 aliphatic carbocycles. The maximum atomic E-state index is 6.80. The lowest BCUT2D eigenvalue weighted by Crippen LogP contribution is -2.11. The van der Waals surface area contributed by atoms with E-state index in [2.05, 4.69) is 229 Å². The van der Waals surface area contributed by atoms with Crippen molar-refractivity contribution in [1.82, 2.24) is 0 Å². The Morgan fingerprint density at radius 3 is 1.66 bits per heavy atom. The van der Waals surface area contributed by atoms with Crippen molar-refractivity contribution in [3.8, 4) is 44.5 Å². The molecule has 0 aliphatic heterocycles. The summed E-state index contributed by atoms with van der Waals surface area (Å²) >= 11 is 0. The van der Waals surface area contributed by atoms with Gasteiger partial charge in [0.15, 0.2) is 0 Å². The first-order chi connectivity index (χ1) is 28.8. The quantitative estimate of drug-likeness (QED) is 0.151. The minimum Gasteiger partial charge on any atom is -0.455 e. The van der Waals surface area contributed by atoms with Crippen LogP contribution in [0.3, 0.4) is 0 Å². The Bertz CT molecular complexity index is 3260. The second-order valence-corrected chi connectivity index (χ2v) is 14.8. The molecule has 11 rings (SSSR count). The lowest BCUT2D eigenvalue weighted by molar-refractivity contribution is 0.670. The van der Waals surface area contributed by atoms with Crippen LogP contribution < -0.4 is 4.90 Å². The molecule has 10 aromatic carbocycles. The van der Waals surface area contributed by atoms with Gasteiger partial charge in [0.2, 0.25) is 0 Å². The van der Waals surface area contributed by atoms with Crippen LogP contribution in [0.25, 0.3) is 88.0 Å². The molecule has 0 unspecified atom stereocenters. The molecule has 272 valence electrons. The largest absolute Gasteiger partial charge is 0.455 e. The Balaban J connectivity index is 1.15. The number of furan rings is 1. The Kier molecular flexibility index (Phi) is 8.19. The zero-order chi connectivity index (χ0) is 38.4. The van der Waals surface area contributed by atoms with Crippen LogP contribution in [-0.4, -0.2) is 0 Å². The second kappa shape index (κ2) is 14.1. The van der Waals surface area contributed by atoms with Crippen molar-refractivity contribution in [2.45, 2.75) is 0 Å². The highest BCUT2D eigenvalue weighted by Crippen LogP contribution is 2.48. The molecular formula is C56H37NO. The molecule has 1 heterocycles. The molecule has 0 bridgehead atoms. The van der Waals surface area contributed by atoms with E-state index in [1.807, 2.05) is 0 Å². The van der Waals surface area contributed by atoms with Crippen molar-refractivity contribution in [1.29, 1.82) is 0 Å². The first-order valence-electron chi connectivity index (χ1n) is 19.8. The second-order valence-electron chi connectivity index (χ2n) is 14.8. The van der Waals surface area contributed by atoms with Crippen molar-refractivity contribution < 1.29 is 4.42 Å². The zero-order valence-electron chi connectivity index (χ0n) is 31.7. The Morgan fingerprint density at radius 2 is 0.897 bits per heavy atom. The molecule has 0 amide bonds. The van der Waals surface area contributed by atoms with Gasteiger partial charge in [0.1, 0.15) is 11.2 Å². The van der Waals surface area contributed by atoms with Gasteiger partial charge in [-0.15, -0.1) is 0 Å². The van der Waals surface area contributed by atoms with Crippen LogP contribution in [0.4, 0.5) is 17.1 Å². The van der Waals surface area contributed by atoms with Crippen molar-refractivity contribution in [2.75, 3.05) is 4.90 Å². The summed E-state index contributed by atoms with van der Waals surface area (Å²) in [4.78, 5) is 2.43. The molecule has 0 N–H and O–H groups in total. The highest BCUT2D eigenvalue weighted by molar-refractivity contribution is 6.19. The molecule has 0 fully saturated rings. The average molecular weight is 740 g/mol. The number of para-hydroxylation sites is 1. The fraction of sp³-hybridized carbons (Fsp3) is 0. The first-order valence-corrected chi connectivity index (χ1v) is 19.8. The third-order valence-electron chi connectivity index (χ3n) is 11.5. The van der Waals surface area contributed by atoms with E-state index in [9.17, 15) is 0 Å². The molecule has 0 saturated heterocycles. The Labute approximate surface area is 337 Å². The molecule has 11 aromatic rings. The summed E-state index contributed by atoms with van der Waals surface area (Å²) in [5.74, 6) is 0. The summed E-state index contributed by atoms with van der Waals surface area (Å²) in [5, 5.41) is 7.04. The normalized spacial score (nSPS) is 11.4. The fourth-order valence-corrected chi connectivity index (χ4v) is 8.72. The third-order valence-corrected chi connectivity index (χ3v) is 11.5. The number of hydrogen-bond acceptors (Lipinski definition) is 2. The lowest BCUT2D eigenvalue weighted by Gasteiger charge is -2.28. The SMILES string of the molecule is c1ccc(-c2ccc(-c3ccccc3)c(-c3ccc(N(c4cccc5c4ccc4ccccc45)c4ccc(-c5ccccc5)c5oc6ccccc6c45)cc3)c2)cc1. The van der Waals surface area contributed by atoms with Crippen LogP contribution >= 0.6 is 0 Å². The van der Waals surface area contributed by atoms with E-state index in [4.69, 9.17) is 4.42 Å². The van der Waals surface area contributed by atoms with Crippen molar-refractivity contribution in [3.63, 3.8) is 0 Å². The summed E-state index contributed by atoms with van der Waals surface area (Å²) < 4.78 is 6.80. The van der Waals surface area contributed by atoms with Gasteiger partial charge in [-0.05, 0) is 97.6 Å². The van der Waals surface area contributed by atoms with E-state index in [-0.39, 0.29) is 0 Å². The maximum Gasteiger partial charge on any atom is 0.145 e. The van der Waals surface area contributed by atoms with Crippen LogP contribution in [0, 0.1) is 0 Å². The molecule has 1 aromatic heterocycles. The average Bonchev–Trinajstić information content (AvgIpc) is 3.70. The number of hydrogen-bond donors (Lipinski definition) is 0. The van der Waals surface area contributed by atoms with E-state index >= 15 is 0 Å². The van der Waals surface area contributed by atoms with Crippen LogP contribution in [0.1, 0.15) is 0 Å². The Morgan fingerprint density at radius 1 is 0.310 bits per heavy atom. The van der Waals surface area contributed by atoms with Gasteiger partial charge in [-0.25, -0.2) is 0 Å². The highest BCUT2D eigenvalue weighted by atomic mass is 16.3. The van der Waals surface area contributed by atoms with Crippen molar-refractivity contribution in [2.24, 2.45) is 0 Å². The van der Waals surface area contributed by atoms with Crippen molar-refractivity contribution >= 4 is 60.5 Å². The molecule has 0 spiro atoms.